The van der Waals surface area contributed by atoms with E-state index in [2.05, 4.69) is 29.1 Å². The van der Waals surface area contributed by atoms with Crippen molar-refractivity contribution in [2.45, 2.75) is 46.1 Å². The minimum Gasteiger partial charge on any atom is -0.378 e. The molecule has 0 aliphatic carbocycles. The topological polar surface area (TPSA) is 77.5 Å². The molecule has 0 atom stereocenters. The molecule has 8 nitrogen and oxygen atoms in total. The Morgan fingerprint density at radius 3 is 2.33 bits per heavy atom. The van der Waals surface area contributed by atoms with Crippen LogP contribution in [0.4, 0.5) is 0 Å². The molecule has 178 valence electrons. The van der Waals surface area contributed by atoms with Crippen molar-refractivity contribution in [3.05, 3.63) is 0 Å². The summed E-state index contributed by atoms with van der Waals surface area (Å²) in [5, 5.41) is 3.38. The van der Waals surface area contributed by atoms with Gasteiger partial charge in [-0.3, -0.25) is 4.99 Å². The fourth-order valence-corrected chi connectivity index (χ4v) is 5.11. The molecule has 0 saturated carbocycles. The molecule has 2 rings (SSSR count). The number of hydrogen-bond donors (Lipinski definition) is 1. The third-order valence-corrected chi connectivity index (χ3v) is 7.53. The minimum atomic E-state index is -3.26. The van der Waals surface area contributed by atoms with Gasteiger partial charge in [0.05, 0.1) is 18.5 Å². The Morgan fingerprint density at radius 1 is 1.13 bits per heavy atom. The molecule has 0 aromatic rings. The van der Waals surface area contributed by atoms with E-state index in [4.69, 9.17) is 9.73 Å². The highest BCUT2D eigenvalue weighted by Crippen LogP contribution is 2.19. The van der Waals surface area contributed by atoms with E-state index in [0.29, 0.717) is 26.2 Å². The van der Waals surface area contributed by atoms with Crippen LogP contribution < -0.4 is 5.32 Å². The summed E-state index contributed by atoms with van der Waals surface area (Å²) in [6.07, 6.45) is 3.71. The lowest BCUT2D eigenvalue weighted by Crippen LogP contribution is -2.54. The fourth-order valence-electron chi connectivity index (χ4n) is 3.83. The van der Waals surface area contributed by atoms with Gasteiger partial charge in [0.15, 0.2) is 5.96 Å². The normalized spacial score (nSPS) is 20.4. The first-order valence-electron chi connectivity index (χ1n) is 11.1. The Labute approximate surface area is 200 Å². The van der Waals surface area contributed by atoms with Crippen LogP contribution in [0.5, 0.6) is 0 Å². The van der Waals surface area contributed by atoms with Crippen molar-refractivity contribution in [3.63, 3.8) is 0 Å². The number of hydrogen-bond acceptors (Lipinski definition) is 5. The van der Waals surface area contributed by atoms with Gasteiger partial charge in [-0.25, -0.2) is 8.42 Å². The number of halogens is 1. The van der Waals surface area contributed by atoms with E-state index in [1.807, 2.05) is 13.8 Å². The first-order valence-corrected chi connectivity index (χ1v) is 12.7. The summed E-state index contributed by atoms with van der Waals surface area (Å²) >= 11 is 0. The van der Waals surface area contributed by atoms with Crippen LogP contribution in [-0.4, -0.2) is 106 Å². The van der Waals surface area contributed by atoms with Crippen LogP contribution in [-0.2, 0) is 14.8 Å². The van der Waals surface area contributed by atoms with Gasteiger partial charge in [0.2, 0.25) is 10.0 Å². The van der Waals surface area contributed by atoms with E-state index < -0.39 is 10.0 Å². The molecule has 1 N–H and O–H groups in total. The Balaban J connectivity index is 0.00000450. The van der Waals surface area contributed by atoms with E-state index >= 15 is 0 Å². The highest BCUT2D eigenvalue weighted by Gasteiger charge is 2.28. The largest absolute Gasteiger partial charge is 0.378 e. The standard InChI is InChI=1S/C20H41N5O3S.HI/c1-5-21-20(22-9-6-19-7-10-23(4)11-8-19)24-12-14-25(15-13-24)29(26,27)17-16-28-18(2)3;/h18-19H,5-17H2,1-4H3,(H,21,22);1H. The molecule has 30 heavy (non-hydrogen) atoms. The molecular weight excluding hydrogens is 517 g/mol. The lowest BCUT2D eigenvalue weighted by Gasteiger charge is -2.36. The molecule has 10 heteroatoms. The lowest BCUT2D eigenvalue weighted by atomic mass is 9.94. The monoisotopic (exact) mass is 559 g/mol. The van der Waals surface area contributed by atoms with Crippen molar-refractivity contribution in [3.8, 4) is 0 Å². The number of likely N-dealkylation sites (tertiary alicyclic amines) is 1. The number of sulfonamides is 1. The molecule has 2 aliphatic heterocycles. The zero-order valence-corrected chi connectivity index (χ0v) is 22.3. The predicted octanol–water partition coefficient (Wildman–Crippen LogP) is 1.67. The second kappa shape index (κ2) is 14.1. The summed E-state index contributed by atoms with van der Waals surface area (Å²) in [5.74, 6) is 1.74. The van der Waals surface area contributed by atoms with Gasteiger partial charge in [0.25, 0.3) is 0 Å². The maximum atomic E-state index is 12.5. The van der Waals surface area contributed by atoms with Crippen LogP contribution in [0.15, 0.2) is 4.99 Å². The molecule has 0 unspecified atom stereocenters. The Morgan fingerprint density at radius 2 is 1.77 bits per heavy atom. The number of piperidine rings is 1. The number of aliphatic imine (C=N–C) groups is 1. The van der Waals surface area contributed by atoms with Crippen molar-refractivity contribution in [1.29, 1.82) is 0 Å². The van der Waals surface area contributed by atoms with Crippen LogP contribution in [0.1, 0.15) is 40.0 Å². The van der Waals surface area contributed by atoms with Gasteiger partial charge in [0.1, 0.15) is 0 Å². The summed E-state index contributed by atoms with van der Waals surface area (Å²) in [6.45, 7) is 12.5. The van der Waals surface area contributed by atoms with Crippen molar-refractivity contribution in [2.24, 2.45) is 10.9 Å². The molecule has 0 spiro atoms. The Hall–Kier alpha value is -0.170. The predicted molar refractivity (Wildman–Crippen MR) is 134 cm³/mol. The number of piperazine rings is 1. The van der Waals surface area contributed by atoms with Gasteiger partial charge >= 0.3 is 0 Å². The van der Waals surface area contributed by atoms with Crippen LogP contribution in [0, 0.1) is 5.92 Å². The molecule has 0 aromatic heterocycles. The number of ether oxygens (including phenoxy) is 1. The van der Waals surface area contributed by atoms with Crippen molar-refractivity contribution in [2.75, 3.05) is 71.8 Å². The van der Waals surface area contributed by atoms with Crippen molar-refractivity contribution >= 4 is 40.0 Å². The zero-order valence-electron chi connectivity index (χ0n) is 19.2. The van der Waals surface area contributed by atoms with Crippen LogP contribution >= 0.6 is 24.0 Å². The first-order chi connectivity index (χ1) is 13.8. The van der Waals surface area contributed by atoms with Gasteiger partial charge in [-0.1, -0.05) is 0 Å². The number of nitrogens with zero attached hydrogens (tertiary/aromatic N) is 4. The van der Waals surface area contributed by atoms with Gasteiger partial charge in [-0.05, 0) is 66.1 Å². The van der Waals surface area contributed by atoms with E-state index in [-0.39, 0.29) is 42.4 Å². The summed E-state index contributed by atoms with van der Waals surface area (Å²) in [7, 11) is -1.07. The van der Waals surface area contributed by atoms with Crippen LogP contribution in [0.3, 0.4) is 0 Å². The number of rotatable bonds is 9. The molecule has 0 radical (unpaired) electrons. The van der Waals surface area contributed by atoms with Crippen LogP contribution in [0.25, 0.3) is 0 Å². The zero-order chi connectivity index (χ0) is 21.3. The summed E-state index contributed by atoms with van der Waals surface area (Å²) in [6, 6.07) is 0. The summed E-state index contributed by atoms with van der Waals surface area (Å²) < 4.78 is 32.0. The first kappa shape index (κ1) is 27.9. The van der Waals surface area contributed by atoms with Gasteiger partial charge in [-0.15, -0.1) is 24.0 Å². The molecular formula is C20H42IN5O3S. The molecule has 0 bridgehead atoms. The van der Waals surface area contributed by atoms with E-state index in [1.165, 1.54) is 25.9 Å². The van der Waals surface area contributed by atoms with Gasteiger partial charge in [0, 0.05) is 39.3 Å². The molecule has 0 amide bonds. The Bertz CT molecular complexity index is 602. The highest BCUT2D eigenvalue weighted by atomic mass is 127. The minimum absolute atomic E-state index is 0. The smallest absolute Gasteiger partial charge is 0.216 e. The number of nitrogens with one attached hydrogen (secondary N) is 1. The van der Waals surface area contributed by atoms with Crippen molar-refractivity contribution < 1.29 is 13.2 Å². The lowest BCUT2D eigenvalue weighted by molar-refractivity contribution is 0.0904. The SMILES string of the molecule is CCNC(=NCCC1CCN(C)CC1)N1CCN(S(=O)(=O)CCOC(C)C)CC1.I. The fraction of sp³-hybridized carbons (Fsp3) is 0.950. The second-order valence-corrected chi connectivity index (χ2v) is 10.5. The van der Waals surface area contributed by atoms with E-state index in [1.54, 1.807) is 4.31 Å². The molecule has 0 aromatic carbocycles. The third kappa shape index (κ3) is 9.54. The average molecular weight is 560 g/mol. The molecule has 2 aliphatic rings. The maximum Gasteiger partial charge on any atom is 0.216 e. The summed E-state index contributed by atoms with van der Waals surface area (Å²) in [5.41, 5.74) is 0. The molecule has 2 heterocycles. The Kier molecular flexibility index (Phi) is 13.1. The molecule has 2 saturated heterocycles. The van der Waals surface area contributed by atoms with E-state index in [9.17, 15) is 8.42 Å². The second-order valence-electron chi connectivity index (χ2n) is 8.39. The van der Waals surface area contributed by atoms with Gasteiger partial charge in [-0.2, -0.15) is 4.31 Å². The van der Waals surface area contributed by atoms with Gasteiger partial charge < -0.3 is 19.9 Å². The molecule has 2 fully saturated rings. The summed E-state index contributed by atoms with van der Waals surface area (Å²) in [4.78, 5) is 9.42. The average Bonchev–Trinajstić information content (AvgIpc) is 2.68. The van der Waals surface area contributed by atoms with E-state index in [0.717, 1.165) is 31.4 Å². The maximum absolute atomic E-state index is 12.5. The third-order valence-electron chi connectivity index (χ3n) is 5.70. The quantitative estimate of drug-likeness (QED) is 0.263. The van der Waals surface area contributed by atoms with Crippen LogP contribution in [0.2, 0.25) is 0 Å². The van der Waals surface area contributed by atoms with Crippen molar-refractivity contribution in [1.82, 2.24) is 19.4 Å². The number of guanidine groups is 1. The highest BCUT2D eigenvalue weighted by molar-refractivity contribution is 14.0.